The molecule has 0 aliphatic carbocycles. The lowest BCUT2D eigenvalue weighted by Crippen LogP contribution is -2.26. The first-order valence-electron chi connectivity index (χ1n) is 8.18. The van der Waals surface area contributed by atoms with Gasteiger partial charge in [0.2, 0.25) is 6.79 Å². The summed E-state index contributed by atoms with van der Waals surface area (Å²) in [6, 6.07) is 7.08. The number of tetrazole rings is 1. The minimum Gasteiger partial charge on any atom is -0.454 e. The van der Waals surface area contributed by atoms with Crippen molar-refractivity contribution in [3.05, 3.63) is 58.8 Å². The van der Waals surface area contributed by atoms with E-state index in [9.17, 15) is 13.6 Å². The van der Waals surface area contributed by atoms with Crippen LogP contribution in [0.2, 0.25) is 0 Å². The molecule has 0 amide bonds. The number of pyridine rings is 1. The Bertz CT molecular complexity index is 1120. The van der Waals surface area contributed by atoms with Gasteiger partial charge in [0.05, 0.1) is 18.4 Å². The second-order valence-corrected chi connectivity index (χ2v) is 5.90. The number of fused-ring (bicyclic) bond motifs is 1. The highest BCUT2D eigenvalue weighted by Crippen LogP contribution is 2.35. The third-order valence-corrected chi connectivity index (χ3v) is 4.17. The van der Waals surface area contributed by atoms with E-state index in [0.29, 0.717) is 22.7 Å². The summed E-state index contributed by atoms with van der Waals surface area (Å²) in [7, 11) is 0. The predicted octanol–water partition coefficient (Wildman–Crippen LogP) is 1.33. The van der Waals surface area contributed by atoms with E-state index in [0.717, 1.165) is 14.9 Å². The van der Waals surface area contributed by atoms with Crippen LogP contribution in [-0.4, -0.2) is 38.1 Å². The van der Waals surface area contributed by atoms with Crippen molar-refractivity contribution in [1.29, 1.82) is 0 Å². The highest BCUT2D eigenvalue weighted by Gasteiger charge is 2.16. The van der Waals surface area contributed by atoms with Crippen LogP contribution in [0.15, 0.2) is 53.1 Å². The minimum atomic E-state index is -1.93. The molecule has 3 heterocycles. The molecule has 11 heteroatoms. The van der Waals surface area contributed by atoms with E-state index in [1.807, 2.05) is 6.07 Å². The summed E-state index contributed by atoms with van der Waals surface area (Å²) in [5.74, 6) is 1.26. The number of halogens is 2. The topological polar surface area (TPSA) is 110 Å². The molecule has 0 saturated heterocycles. The molecule has 144 valence electrons. The van der Waals surface area contributed by atoms with Gasteiger partial charge in [-0.3, -0.25) is 4.98 Å². The molecule has 3 aromatic rings. The highest BCUT2D eigenvalue weighted by atomic mass is 19.3. The number of hydrogen-bond acceptors (Lipinski definition) is 7. The standard InChI is InChI=1S/C17H14F2N6O3/c18-16(19)12(5-20)8-24-17(26)25(23-22-24)13-3-11(6-21-7-13)10-1-2-14-15(4-10)28-9-27-14/h1-4,6-7H,5,8-9,20H2. The molecule has 1 aliphatic heterocycles. The molecule has 0 saturated carbocycles. The Labute approximate surface area is 156 Å². The van der Waals surface area contributed by atoms with E-state index >= 15 is 0 Å². The second kappa shape index (κ2) is 7.19. The van der Waals surface area contributed by atoms with Crippen LogP contribution in [0, 0.1) is 0 Å². The number of rotatable bonds is 5. The monoisotopic (exact) mass is 388 g/mol. The average molecular weight is 388 g/mol. The summed E-state index contributed by atoms with van der Waals surface area (Å²) in [5.41, 5.74) is 6.04. The molecule has 2 aromatic heterocycles. The van der Waals surface area contributed by atoms with Gasteiger partial charge in [0.1, 0.15) is 0 Å². The minimum absolute atomic E-state index is 0.161. The van der Waals surface area contributed by atoms with E-state index < -0.39 is 18.3 Å². The largest absolute Gasteiger partial charge is 0.454 e. The lowest BCUT2D eigenvalue weighted by molar-refractivity contribution is 0.174. The van der Waals surface area contributed by atoms with Crippen LogP contribution in [0.5, 0.6) is 11.5 Å². The van der Waals surface area contributed by atoms with Gasteiger partial charge in [0, 0.05) is 23.9 Å². The van der Waals surface area contributed by atoms with Gasteiger partial charge in [-0.1, -0.05) is 6.07 Å². The molecule has 0 atom stereocenters. The molecular formula is C17H14F2N6O3. The summed E-state index contributed by atoms with van der Waals surface area (Å²) in [6.45, 7) is -0.663. The van der Waals surface area contributed by atoms with Gasteiger partial charge >= 0.3 is 5.69 Å². The van der Waals surface area contributed by atoms with Crippen molar-refractivity contribution >= 4 is 0 Å². The van der Waals surface area contributed by atoms with Gasteiger partial charge < -0.3 is 15.2 Å². The Morgan fingerprint density at radius 2 is 1.93 bits per heavy atom. The van der Waals surface area contributed by atoms with Crippen LogP contribution in [0.3, 0.4) is 0 Å². The molecule has 28 heavy (non-hydrogen) atoms. The predicted molar refractivity (Wildman–Crippen MR) is 93.3 cm³/mol. The third-order valence-electron chi connectivity index (χ3n) is 4.17. The van der Waals surface area contributed by atoms with Crippen LogP contribution in [0.25, 0.3) is 16.8 Å². The summed E-state index contributed by atoms with van der Waals surface area (Å²) >= 11 is 0. The Balaban J connectivity index is 1.67. The first-order chi connectivity index (χ1) is 13.6. The highest BCUT2D eigenvalue weighted by molar-refractivity contribution is 5.68. The number of nitrogens with two attached hydrogens (primary N) is 1. The third kappa shape index (κ3) is 3.22. The van der Waals surface area contributed by atoms with Crippen LogP contribution >= 0.6 is 0 Å². The molecule has 0 spiro atoms. The van der Waals surface area contributed by atoms with Crippen LogP contribution in [0.4, 0.5) is 8.78 Å². The van der Waals surface area contributed by atoms with Gasteiger partial charge in [0.15, 0.2) is 11.5 Å². The van der Waals surface area contributed by atoms with Gasteiger partial charge in [-0.15, -0.1) is 0 Å². The van der Waals surface area contributed by atoms with Crippen molar-refractivity contribution in [3.63, 3.8) is 0 Å². The number of aromatic nitrogens is 5. The van der Waals surface area contributed by atoms with Gasteiger partial charge in [-0.2, -0.15) is 18.1 Å². The molecule has 0 unspecified atom stereocenters. The molecule has 0 fully saturated rings. The molecule has 1 aromatic carbocycles. The maximum absolute atomic E-state index is 12.8. The maximum atomic E-state index is 12.8. The Hall–Kier alpha value is -3.60. The number of hydrogen-bond donors (Lipinski definition) is 1. The number of nitrogens with zero attached hydrogens (tertiary/aromatic N) is 5. The zero-order valence-corrected chi connectivity index (χ0v) is 14.4. The lowest BCUT2D eigenvalue weighted by Gasteiger charge is -2.05. The molecule has 1 aliphatic rings. The molecular weight excluding hydrogens is 374 g/mol. The smallest absolute Gasteiger partial charge is 0.368 e. The fourth-order valence-corrected chi connectivity index (χ4v) is 2.70. The van der Waals surface area contributed by atoms with Gasteiger partial charge in [-0.25, -0.2) is 4.79 Å². The van der Waals surface area contributed by atoms with E-state index in [-0.39, 0.29) is 18.9 Å². The van der Waals surface area contributed by atoms with Crippen molar-refractivity contribution in [1.82, 2.24) is 24.8 Å². The SMILES string of the molecule is NCC(Cn1nnn(-c2cncc(-c3ccc4c(c3)OCO4)c2)c1=O)=C(F)F. The van der Waals surface area contributed by atoms with Crippen molar-refractivity contribution < 1.29 is 18.3 Å². The van der Waals surface area contributed by atoms with Crippen molar-refractivity contribution in [2.24, 2.45) is 5.73 Å². The van der Waals surface area contributed by atoms with Gasteiger partial charge in [-0.05, 0) is 34.2 Å². The molecule has 0 bridgehead atoms. The Morgan fingerprint density at radius 1 is 1.11 bits per heavy atom. The summed E-state index contributed by atoms with van der Waals surface area (Å²) in [5, 5.41) is 7.39. The first kappa shape index (κ1) is 17.8. The zero-order chi connectivity index (χ0) is 19.7. The quantitative estimate of drug-likeness (QED) is 0.702. The van der Waals surface area contributed by atoms with E-state index in [1.165, 1.54) is 6.20 Å². The Kier molecular flexibility index (Phi) is 4.57. The van der Waals surface area contributed by atoms with Crippen LogP contribution in [-0.2, 0) is 6.54 Å². The normalized spacial score (nSPS) is 12.2. The summed E-state index contributed by atoms with van der Waals surface area (Å²) in [4.78, 5) is 16.6. The maximum Gasteiger partial charge on any atom is 0.368 e. The Morgan fingerprint density at radius 3 is 2.71 bits per heavy atom. The molecule has 0 radical (unpaired) electrons. The van der Waals surface area contributed by atoms with Gasteiger partial charge in [0.25, 0.3) is 6.08 Å². The fraction of sp³-hybridized carbons (Fsp3) is 0.176. The van der Waals surface area contributed by atoms with Crippen molar-refractivity contribution in [3.8, 4) is 28.3 Å². The first-order valence-corrected chi connectivity index (χ1v) is 8.18. The van der Waals surface area contributed by atoms with E-state index in [1.54, 1.807) is 24.4 Å². The van der Waals surface area contributed by atoms with E-state index in [2.05, 4.69) is 15.4 Å². The molecule has 2 N–H and O–H groups in total. The second-order valence-electron chi connectivity index (χ2n) is 5.90. The summed E-state index contributed by atoms with van der Waals surface area (Å²) < 4.78 is 38.0. The molecule has 9 nitrogen and oxygen atoms in total. The number of ether oxygens (including phenoxy) is 2. The van der Waals surface area contributed by atoms with Crippen molar-refractivity contribution in [2.45, 2.75) is 6.54 Å². The average Bonchev–Trinajstić information content (AvgIpc) is 3.32. The zero-order valence-electron chi connectivity index (χ0n) is 14.4. The number of benzene rings is 1. The summed E-state index contributed by atoms with van der Waals surface area (Å²) in [6.07, 6.45) is 1.10. The lowest BCUT2D eigenvalue weighted by atomic mass is 10.1. The fourth-order valence-electron chi connectivity index (χ4n) is 2.70. The van der Waals surface area contributed by atoms with Crippen molar-refractivity contribution in [2.75, 3.05) is 13.3 Å². The molecule has 4 rings (SSSR count). The van der Waals surface area contributed by atoms with Crippen LogP contribution in [0.1, 0.15) is 0 Å². The van der Waals surface area contributed by atoms with Crippen LogP contribution < -0.4 is 20.9 Å². The van der Waals surface area contributed by atoms with E-state index in [4.69, 9.17) is 15.2 Å².